The smallest absolute Gasteiger partial charge is 0.278 e. The third-order valence-corrected chi connectivity index (χ3v) is 10.4. The van der Waals surface area contributed by atoms with Crippen LogP contribution < -0.4 is 15.6 Å². The maximum Gasteiger partial charge on any atom is 0.278 e. The van der Waals surface area contributed by atoms with Gasteiger partial charge in [-0.25, -0.2) is 31.6 Å². The Labute approximate surface area is 263 Å². The van der Waals surface area contributed by atoms with E-state index in [0.29, 0.717) is 30.4 Å². The SMILES string of the molecule is C=N/C(=N\c1c(C)nc(-c2ccc(NS(=O)(=O)CC3(C(F)F)CCCC3)c(F)c2)c(=O)n1C(C)C)N[C@H]1CC[C@H](N(C)C)CC1. The molecule has 2 N–H and O–H groups in total. The molecule has 0 atom stereocenters. The maximum absolute atomic E-state index is 15.2. The predicted molar refractivity (Wildman–Crippen MR) is 173 cm³/mol. The molecule has 4 rings (SSSR count). The van der Waals surface area contributed by atoms with E-state index >= 15 is 4.39 Å². The summed E-state index contributed by atoms with van der Waals surface area (Å²) in [6.07, 6.45) is 2.38. The minimum Gasteiger partial charge on any atom is -0.351 e. The van der Waals surface area contributed by atoms with Gasteiger partial charge in [0, 0.05) is 29.1 Å². The lowest BCUT2D eigenvalue weighted by Crippen LogP contribution is -2.41. The summed E-state index contributed by atoms with van der Waals surface area (Å²) in [6, 6.07) is 3.90. The first-order chi connectivity index (χ1) is 21.2. The Bertz CT molecular complexity index is 1580. The molecule has 2 saturated carbocycles. The van der Waals surface area contributed by atoms with Crippen LogP contribution in [0.15, 0.2) is 33.0 Å². The van der Waals surface area contributed by atoms with Crippen molar-refractivity contribution in [3.63, 3.8) is 0 Å². The molecule has 1 aromatic heterocycles. The molecule has 1 heterocycles. The molecule has 0 saturated heterocycles. The van der Waals surface area contributed by atoms with E-state index < -0.39 is 44.7 Å². The number of aromatic nitrogens is 2. The number of sulfonamides is 1. The van der Waals surface area contributed by atoms with Gasteiger partial charge in [0.15, 0.2) is 5.82 Å². The van der Waals surface area contributed by atoms with Gasteiger partial charge in [-0.05, 0) is 92.2 Å². The van der Waals surface area contributed by atoms with Crippen molar-refractivity contribution in [3.05, 3.63) is 40.1 Å². The highest BCUT2D eigenvalue weighted by molar-refractivity contribution is 7.92. The van der Waals surface area contributed by atoms with Crippen molar-refractivity contribution in [3.8, 4) is 11.3 Å². The number of hydrogen-bond donors (Lipinski definition) is 2. The number of alkyl halides is 2. The summed E-state index contributed by atoms with van der Waals surface area (Å²) >= 11 is 0. The molecule has 0 spiro atoms. The van der Waals surface area contributed by atoms with Crippen LogP contribution in [-0.4, -0.2) is 73.9 Å². The largest absolute Gasteiger partial charge is 0.351 e. The second-order valence-corrected chi connectivity index (χ2v) is 14.5. The number of anilines is 1. The third kappa shape index (κ3) is 7.94. The second kappa shape index (κ2) is 14.0. The average molecular weight is 652 g/mol. The first-order valence-electron chi connectivity index (χ1n) is 15.4. The van der Waals surface area contributed by atoms with Crippen LogP contribution in [0.4, 0.5) is 24.7 Å². The van der Waals surface area contributed by atoms with Crippen molar-refractivity contribution in [1.29, 1.82) is 0 Å². The lowest BCUT2D eigenvalue weighted by molar-refractivity contribution is 0.0142. The number of nitrogens with one attached hydrogen (secondary N) is 2. The summed E-state index contributed by atoms with van der Waals surface area (Å²) in [6.45, 7) is 8.97. The predicted octanol–water partition coefficient (Wildman–Crippen LogP) is 5.66. The van der Waals surface area contributed by atoms with Crippen LogP contribution in [0.3, 0.4) is 0 Å². The molecule has 0 bridgehead atoms. The fraction of sp³-hybridized carbons (Fsp3) is 0.613. The Balaban J connectivity index is 1.60. The van der Waals surface area contributed by atoms with Crippen molar-refractivity contribution in [2.75, 3.05) is 24.6 Å². The minimum atomic E-state index is -4.28. The summed E-state index contributed by atoms with van der Waals surface area (Å²) < 4.78 is 72.0. The van der Waals surface area contributed by atoms with Crippen molar-refractivity contribution in [2.45, 2.75) is 96.7 Å². The molecular formula is C31H44F3N7O3S. The van der Waals surface area contributed by atoms with Gasteiger partial charge in [0.05, 0.1) is 17.1 Å². The Morgan fingerprint density at radius 3 is 2.36 bits per heavy atom. The number of benzene rings is 1. The van der Waals surface area contributed by atoms with E-state index in [1.165, 1.54) is 16.7 Å². The molecule has 45 heavy (non-hydrogen) atoms. The molecular weight excluding hydrogens is 607 g/mol. The molecule has 10 nitrogen and oxygen atoms in total. The molecule has 14 heteroatoms. The highest BCUT2D eigenvalue weighted by atomic mass is 32.2. The Hall–Kier alpha value is -3.26. The fourth-order valence-electron chi connectivity index (χ4n) is 6.42. The van der Waals surface area contributed by atoms with Gasteiger partial charge < -0.3 is 10.2 Å². The minimum absolute atomic E-state index is 0.0425. The van der Waals surface area contributed by atoms with Gasteiger partial charge in [-0.1, -0.05) is 18.9 Å². The quantitative estimate of drug-likeness (QED) is 0.253. The van der Waals surface area contributed by atoms with Crippen molar-refractivity contribution < 1.29 is 21.6 Å². The Kier molecular flexibility index (Phi) is 10.8. The van der Waals surface area contributed by atoms with Crippen LogP contribution in [0, 0.1) is 18.2 Å². The highest BCUT2D eigenvalue weighted by Gasteiger charge is 2.46. The highest BCUT2D eigenvalue weighted by Crippen LogP contribution is 2.44. The molecule has 0 amide bonds. The van der Waals surface area contributed by atoms with Crippen LogP contribution in [0.25, 0.3) is 11.3 Å². The van der Waals surface area contributed by atoms with Crippen molar-refractivity contribution in [1.82, 2.24) is 19.8 Å². The topological polar surface area (TPSA) is 121 Å². The number of halogens is 3. The molecule has 2 aliphatic rings. The van der Waals surface area contributed by atoms with Gasteiger partial charge in [0.2, 0.25) is 22.4 Å². The van der Waals surface area contributed by atoms with E-state index in [2.05, 4.69) is 50.7 Å². The van der Waals surface area contributed by atoms with E-state index in [9.17, 15) is 22.0 Å². The molecule has 2 aromatic rings. The third-order valence-electron chi connectivity index (χ3n) is 8.94. The zero-order valence-electron chi connectivity index (χ0n) is 26.6. The van der Waals surface area contributed by atoms with Gasteiger partial charge in [0.25, 0.3) is 5.56 Å². The molecule has 1 aromatic carbocycles. The van der Waals surface area contributed by atoms with Crippen LogP contribution >= 0.6 is 0 Å². The lowest BCUT2D eigenvalue weighted by atomic mass is 9.89. The maximum atomic E-state index is 15.2. The van der Waals surface area contributed by atoms with E-state index in [1.807, 2.05) is 13.8 Å². The zero-order valence-corrected chi connectivity index (χ0v) is 27.4. The second-order valence-electron chi connectivity index (χ2n) is 12.8. The molecule has 0 unspecified atom stereocenters. The van der Waals surface area contributed by atoms with Gasteiger partial charge in [-0.15, -0.1) is 0 Å². The summed E-state index contributed by atoms with van der Waals surface area (Å²) in [5.41, 5.74) is -2.06. The number of hydrogen-bond acceptors (Lipinski definition) is 6. The zero-order chi connectivity index (χ0) is 33.1. The fourth-order valence-corrected chi connectivity index (χ4v) is 8.16. The number of aryl methyl sites for hydroxylation is 1. The first-order valence-corrected chi connectivity index (χ1v) is 17.0. The van der Waals surface area contributed by atoms with Crippen molar-refractivity contribution >= 4 is 34.2 Å². The van der Waals surface area contributed by atoms with Gasteiger partial charge in [-0.3, -0.25) is 14.1 Å². The van der Waals surface area contributed by atoms with Gasteiger partial charge in [0.1, 0.15) is 11.5 Å². The van der Waals surface area contributed by atoms with Gasteiger partial charge in [-0.2, -0.15) is 4.99 Å². The molecule has 0 radical (unpaired) electrons. The molecule has 0 aliphatic heterocycles. The summed E-state index contributed by atoms with van der Waals surface area (Å²) in [5, 5.41) is 3.35. The number of aliphatic imine (C=N–C) groups is 2. The van der Waals surface area contributed by atoms with Crippen molar-refractivity contribution in [2.24, 2.45) is 15.4 Å². The first kappa shape index (κ1) is 34.6. The number of guanidine groups is 1. The monoisotopic (exact) mass is 651 g/mol. The van der Waals surface area contributed by atoms with Crippen LogP contribution in [-0.2, 0) is 10.0 Å². The van der Waals surface area contributed by atoms with E-state index in [1.54, 1.807) is 6.92 Å². The van der Waals surface area contributed by atoms with Crippen LogP contribution in [0.5, 0.6) is 0 Å². The average Bonchev–Trinajstić information content (AvgIpc) is 3.44. The molecule has 2 fully saturated rings. The van der Waals surface area contributed by atoms with Crippen LogP contribution in [0.1, 0.15) is 76.9 Å². The number of rotatable bonds is 10. The summed E-state index contributed by atoms with van der Waals surface area (Å²) in [5.74, 6) is -1.19. The lowest BCUT2D eigenvalue weighted by Gasteiger charge is -2.33. The molecule has 248 valence electrons. The summed E-state index contributed by atoms with van der Waals surface area (Å²) in [4.78, 5) is 29.1. The van der Waals surface area contributed by atoms with Gasteiger partial charge >= 0.3 is 0 Å². The van der Waals surface area contributed by atoms with Crippen LogP contribution in [0.2, 0.25) is 0 Å². The van der Waals surface area contributed by atoms with E-state index in [-0.39, 0.29) is 42.1 Å². The van der Waals surface area contributed by atoms with E-state index in [0.717, 1.165) is 31.7 Å². The van der Waals surface area contributed by atoms with E-state index in [4.69, 9.17) is 0 Å². The Morgan fingerprint density at radius 2 is 1.82 bits per heavy atom. The Morgan fingerprint density at radius 1 is 1.18 bits per heavy atom. The number of nitrogens with zero attached hydrogens (tertiary/aromatic N) is 5. The standard InChI is InChI=1S/C31H44F3N7O3S/c1-19(2)41-27(38-30(35-4)37-22-10-12-23(13-11-22)40(5)6)20(3)36-26(28(41)42)21-9-14-25(24(32)17-21)39-45(43,44)18-31(29(33)34)15-7-8-16-31/h9,14,17,19,22-23,29,39H,4,7-8,10-13,15-16,18H2,1-3,5-6H3,(H,37,38)/t22-,23-. The normalized spacial score (nSPS) is 20.6. The summed E-state index contributed by atoms with van der Waals surface area (Å²) in [7, 11) is -0.121. The molecule has 2 aliphatic carbocycles.